The molecule has 29 heavy (non-hydrogen) atoms. The fourth-order valence-corrected chi connectivity index (χ4v) is 3.96. The lowest BCUT2D eigenvalue weighted by Crippen LogP contribution is -2.38. The van der Waals surface area contributed by atoms with Crippen molar-refractivity contribution < 1.29 is 19.3 Å². The van der Waals surface area contributed by atoms with Crippen molar-refractivity contribution in [3.05, 3.63) is 65.7 Å². The van der Waals surface area contributed by atoms with E-state index in [1.54, 1.807) is 14.2 Å². The molecule has 5 heteroatoms. The molecule has 1 atom stereocenters. The molecule has 0 radical (unpaired) electrons. The van der Waals surface area contributed by atoms with Crippen LogP contribution < -0.4 is 14.2 Å². The normalized spacial score (nSPS) is 15.0. The summed E-state index contributed by atoms with van der Waals surface area (Å²) >= 11 is 0. The molecule has 5 nitrogen and oxygen atoms in total. The van der Waals surface area contributed by atoms with Gasteiger partial charge < -0.3 is 19.3 Å². The minimum absolute atomic E-state index is 0.267. The SMILES string of the molecule is COc1cc2c(cc1OC)CN(C[C@H](O)COc1cccc3ccccc13)CC2. The molecule has 152 valence electrons. The van der Waals surface area contributed by atoms with Gasteiger partial charge in [0.2, 0.25) is 0 Å². The van der Waals surface area contributed by atoms with Crippen molar-refractivity contribution in [1.29, 1.82) is 0 Å². The third-order valence-electron chi connectivity index (χ3n) is 5.45. The lowest BCUT2D eigenvalue weighted by atomic mass is 9.98. The second-order valence-corrected chi connectivity index (χ2v) is 7.40. The van der Waals surface area contributed by atoms with Gasteiger partial charge in [-0.2, -0.15) is 0 Å². The Morgan fingerprint density at radius 2 is 1.66 bits per heavy atom. The monoisotopic (exact) mass is 393 g/mol. The maximum absolute atomic E-state index is 10.6. The Hall–Kier alpha value is -2.76. The van der Waals surface area contributed by atoms with Gasteiger partial charge in [0.15, 0.2) is 11.5 Å². The van der Waals surface area contributed by atoms with Crippen LogP contribution in [0.15, 0.2) is 54.6 Å². The number of methoxy groups -OCH3 is 2. The molecule has 0 fully saturated rings. The Balaban J connectivity index is 1.37. The van der Waals surface area contributed by atoms with E-state index in [-0.39, 0.29) is 6.61 Å². The fourth-order valence-electron chi connectivity index (χ4n) is 3.96. The molecular weight excluding hydrogens is 366 g/mol. The van der Waals surface area contributed by atoms with Crippen molar-refractivity contribution in [1.82, 2.24) is 4.90 Å². The number of fused-ring (bicyclic) bond motifs is 2. The van der Waals surface area contributed by atoms with Gasteiger partial charge in [0.05, 0.1) is 14.2 Å². The number of nitrogens with zero attached hydrogens (tertiary/aromatic N) is 1. The number of aliphatic hydroxyl groups is 1. The van der Waals surface area contributed by atoms with Gasteiger partial charge in [-0.1, -0.05) is 36.4 Å². The molecule has 0 amide bonds. The maximum Gasteiger partial charge on any atom is 0.161 e. The highest BCUT2D eigenvalue weighted by molar-refractivity contribution is 5.88. The van der Waals surface area contributed by atoms with Crippen molar-refractivity contribution in [2.75, 3.05) is 33.9 Å². The standard InChI is InChI=1S/C24H27NO4/c1-27-23-12-18-10-11-25(14-19(18)13-24(23)28-2)15-20(26)16-29-22-9-5-7-17-6-3-4-8-21(17)22/h3-9,12-13,20,26H,10-11,14-16H2,1-2H3/t20-/m0/s1. The fraction of sp³-hybridized carbons (Fsp3) is 0.333. The van der Waals surface area contributed by atoms with Crippen LogP contribution in [-0.2, 0) is 13.0 Å². The Bertz CT molecular complexity index is 983. The van der Waals surface area contributed by atoms with E-state index in [0.717, 1.165) is 47.5 Å². The summed E-state index contributed by atoms with van der Waals surface area (Å²) in [6, 6.07) is 18.2. The Morgan fingerprint density at radius 3 is 2.45 bits per heavy atom. The summed E-state index contributed by atoms with van der Waals surface area (Å²) < 4.78 is 16.8. The lowest BCUT2D eigenvalue weighted by molar-refractivity contribution is 0.0642. The van der Waals surface area contributed by atoms with Crippen molar-refractivity contribution in [3.63, 3.8) is 0 Å². The molecule has 0 aliphatic carbocycles. The predicted molar refractivity (Wildman–Crippen MR) is 114 cm³/mol. The molecule has 0 saturated heterocycles. The number of rotatable bonds is 7. The van der Waals surface area contributed by atoms with Gasteiger partial charge in [-0.3, -0.25) is 4.90 Å². The Morgan fingerprint density at radius 1 is 0.931 bits per heavy atom. The quantitative estimate of drug-likeness (QED) is 0.664. The van der Waals surface area contributed by atoms with Crippen LogP contribution in [-0.4, -0.2) is 50.0 Å². The highest BCUT2D eigenvalue weighted by Crippen LogP contribution is 2.33. The summed E-state index contributed by atoms with van der Waals surface area (Å²) in [7, 11) is 3.31. The van der Waals surface area contributed by atoms with E-state index in [0.29, 0.717) is 6.54 Å². The van der Waals surface area contributed by atoms with E-state index in [2.05, 4.69) is 23.1 Å². The topological polar surface area (TPSA) is 51.2 Å². The molecule has 1 aliphatic rings. The summed E-state index contributed by atoms with van der Waals surface area (Å²) in [6.07, 6.45) is 0.364. The van der Waals surface area contributed by atoms with E-state index >= 15 is 0 Å². The summed E-state index contributed by atoms with van der Waals surface area (Å²) in [6.45, 7) is 2.51. The smallest absolute Gasteiger partial charge is 0.161 e. The second kappa shape index (κ2) is 8.72. The maximum atomic E-state index is 10.6. The van der Waals surface area contributed by atoms with E-state index in [1.165, 1.54) is 11.1 Å². The van der Waals surface area contributed by atoms with E-state index in [4.69, 9.17) is 14.2 Å². The average molecular weight is 393 g/mol. The first-order chi connectivity index (χ1) is 14.2. The van der Waals surface area contributed by atoms with Gasteiger partial charge >= 0.3 is 0 Å². The zero-order valence-corrected chi connectivity index (χ0v) is 16.9. The number of aliphatic hydroxyl groups excluding tert-OH is 1. The number of hydrogen-bond donors (Lipinski definition) is 1. The van der Waals surface area contributed by atoms with Crippen molar-refractivity contribution in [2.45, 2.75) is 19.1 Å². The van der Waals surface area contributed by atoms with Crippen LogP contribution in [0.1, 0.15) is 11.1 Å². The zero-order valence-electron chi connectivity index (χ0n) is 16.9. The number of benzene rings is 3. The molecule has 1 aliphatic heterocycles. The molecule has 1 heterocycles. The third-order valence-corrected chi connectivity index (χ3v) is 5.45. The van der Waals surface area contributed by atoms with Gasteiger partial charge in [-0.05, 0) is 41.1 Å². The third kappa shape index (κ3) is 4.31. The van der Waals surface area contributed by atoms with Crippen LogP contribution in [0.25, 0.3) is 10.8 Å². The molecule has 4 rings (SSSR count). The van der Waals surface area contributed by atoms with Crippen LogP contribution in [0.2, 0.25) is 0 Å². The van der Waals surface area contributed by atoms with Crippen molar-refractivity contribution >= 4 is 10.8 Å². The number of β-amino-alcohol motifs (C(OH)–C–C–N with tert-alkyl or cyclic N) is 1. The molecule has 0 unspecified atom stereocenters. The van der Waals surface area contributed by atoms with Crippen LogP contribution in [0.3, 0.4) is 0 Å². The largest absolute Gasteiger partial charge is 0.493 e. The molecule has 3 aromatic rings. The molecule has 0 saturated carbocycles. The summed E-state index contributed by atoms with van der Waals surface area (Å²) in [5.41, 5.74) is 2.50. The molecule has 0 aromatic heterocycles. The highest BCUT2D eigenvalue weighted by atomic mass is 16.5. The average Bonchev–Trinajstić information content (AvgIpc) is 2.76. The molecular formula is C24H27NO4. The van der Waals surface area contributed by atoms with Crippen LogP contribution in [0.4, 0.5) is 0 Å². The molecule has 3 aromatic carbocycles. The minimum atomic E-state index is -0.560. The molecule has 0 spiro atoms. The van der Waals surface area contributed by atoms with Gasteiger partial charge in [-0.25, -0.2) is 0 Å². The number of ether oxygens (including phenoxy) is 3. The van der Waals surface area contributed by atoms with Crippen molar-refractivity contribution in [2.24, 2.45) is 0 Å². The Kier molecular flexibility index (Phi) is 5.88. The van der Waals surface area contributed by atoms with E-state index < -0.39 is 6.10 Å². The first-order valence-electron chi connectivity index (χ1n) is 9.92. The predicted octanol–water partition coefficient (Wildman–Crippen LogP) is 3.66. The van der Waals surface area contributed by atoms with Crippen molar-refractivity contribution in [3.8, 4) is 17.2 Å². The first kappa shape index (κ1) is 19.6. The van der Waals surface area contributed by atoms with Crippen LogP contribution >= 0.6 is 0 Å². The summed E-state index contributed by atoms with van der Waals surface area (Å²) in [4.78, 5) is 2.26. The number of hydrogen-bond acceptors (Lipinski definition) is 5. The molecule has 1 N–H and O–H groups in total. The van der Waals surface area contributed by atoms with E-state index in [1.807, 2.05) is 36.4 Å². The second-order valence-electron chi connectivity index (χ2n) is 7.40. The molecule has 0 bridgehead atoms. The van der Waals surface area contributed by atoms with E-state index in [9.17, 15) is 5.11 Å². The minimum Gasteiger partial charge on any atom is -0.493 e. The van der Waals surface area contributed by atoms with Gasteiger partial charge in [-0.15, -0.1) is 0 Å². The Labute approximate surface area is 171 Å². The lowest BCUT2D eigenvalue weighted by Gasteiger charge is -2.31. The van der Waals surface area contributed by atoms with Crippen LogP contribution in [0.5, 0.6) is 17.2 Å². The first-order valence-corrected chi connectivity index (χ1v) is 9.92. The van der Waals surface area contributed by atoms with Gasteiger partial charge in [0, 0.05) is 25.0 Å². The van der Waals surface area contributed by atoms with Gasteiger partial charge in [0.1, 0.15) is 18.5 Å². The summed E-state index contributed by atoms with van der Waals surface area (Å²) in [5.74, 6) is 2.32. The van der Waals surface area contributed by atoms with Gasteiger partial charge in [0.25, 0.3) is 0 Å². The summed E-state index contributed by atoms with van der Waals surface area (Å²) in [5, 5.41) is 12.8. The van der Waals surface area contributed by atoms with Crippen LogP contribution in [0, 0.1) is 0 Å². The zero-order chi connectivity index (χ0) is 20.2. The highest BCUT2D eigenvalue weighted by Gasteiger charge is 2.21.